The Morgan fingerprint density at radius 2 is 1.67 bits per heavy atom. The van der Waals surface area contributed by atoms with E-state index >= 15 is 0 Å². The summed E-state index contributed by atoms with van der Waals surface area (Å²) in [6.45, 7) is 6.50. The van der Waals surface area contributed by atoms with Crippen molar-refractivity contribution in [2.24, 2.45) is 5.41 Å². The highest BCUT2D eigenvalue weighted by Crippen LogP contribution is 2.56. The van der Waals surface area contributed by atoms with Crippen LogP contribution in [-0.2, 0) is 9.53 Å². The Bertz CT molecular complexity index is 1820. The number of hydrogen-bond acceptors (Lipinski definition) is 5. The minimum atomic E-state index is -1.000. The summed E-state index contributed by atoms with van der Waals surface area (Å²) in [5.41, 5.74) is 2.72. The van der Waals surface area contributed by atoms with E-state index in [0.717, 1.165) is 32.3 Å². The van der Waals surface area contributed by atoms with E-state index in [-0.39, 0.29) is 11.9 Å². The molecule has 0 unspecified atom stereocenters. The van der Waals surface area contributed by atoms with E-state index in [4.69, 9.17) is 14.5 Å². The van der Waals surface area contributed by atoms with E-state index < -0.39 is 23.4 Å². The van der Waals surface area contributed by atoms with E-state index in [2.05, 4.69) is 21.2 Å². The van der Waals surface area contributed by atoms with Crippen molar-refractivity contribution in [3.8, 4) is 17.0 Å². The van der Waals surface area contributed by atoms with Gasteiger partial charge in [-0.1, -0.05) is 70.5 Å². The summed E-state index contributed by atoms with van der Waals surface area (Å²) in [4.78, 5) is 33.3. The zero-order valence-corrected chi connectivity index (χ0v) is 27.5. The third-order valence-electron chi connectivity index (χ3n) is 8.94. The first kappa shape index (κ1) is 31.0. The number of rotatable bonds is 7. The number of para-hydroxylation sites is 1. The Balaban J connectivity index is 1.49. The van der Waals surface area contributed by atoms with Crippen molar-refractivity contribution in [1.82, 2.24) is 10.3 Å². The molecule has 0 radical (unpaired) electrons. The van der Waals surface area contributed by atoms with Crippen LogP contribution in [0.25, 0.3) is 27.7 Å². The molecular weight excluding hydrogens is 635 g/mol. The number of benzene rings is 3. The van der Waals surface area contributed by atoms with Crippen molar-refractivity contribution >= 4 is 44.3 Å². The number of esters is 1. The first-order valence-electron chi connectivity index (χ1n) is 15.2. The fraction of sp³-hybridized carbons (Fsp3) is 0.324. The molecule has 1 N–H and O–H groups in total. The quantitative estimate of drug-likeness (QED) is 0.199. The molecule has 0 spiro atoms. The van der Waals surface area contributed by atoms with Crippen LogP contribution in [0.2, 0.25) is 0 Å². The SMILES string of the molecule is Cc1c(-c2ccccc2)nc2ccc(Br)cc2c1C(=O)NC12CCC(C(=O)OC(C)(C)C)(C=C1c1ccccc1OCF)CC2. The van der Waals surface area contributed by atoms with Crippen molar-refractivity contribution in [3.05, 3.63) is 100 Å². The molecule has 1 saturated carbocycles. The van der Waals surface area contributed by atoms with Crippen LogP contribution in [0.3, 0.4) is 0 Å². The maximum absolute atomic E-state index is 14.6. The van der Waals surface area contributed by atoms with Crippen LogP contribution in [0.15, 0.2) is 83.3 Å². The van der Waals surface area contributed by atoms with E-state index in [0.29, 0.717) is 48.1 Å². The molecule has 1 aromatic heterocycles. The molecule has 3 aliphatic carbocycles. The molecule has 45 heavy (non-hydrogen) atoms. The molecule has 0 atom stereocenters. The molecule has 1 amide bonds. The topological polar surface area (TPSA) is 77.5 Å². The third kappa shape index (κ3) is 5.76. The molecule has 0 aliphatic heterocycles. The molecule has 1 fully saturated rings. The fourth-order valence-corrected chi connectivity index (χ4v) is 7.14. The van der Waals surface area contributed by atoms with Gasteiger partial charge >= 0.3 is 5.97 Å². The number of fused-ring (bicyclic) bond motifs is 3. The largest absolute Gasteiger partial charge is 0.462 e. The van der Waals surface area contributed by atoms with Gasteiger partial charge in [0.05, 0.1) is 27.7 Å². The van der Waals surface area contributed by atoms with Crippen LogP contribution in [-0.4, -0.2) is 34.9 Å². The highest BCUT2D eigenvalue weighted by Gasteiger charge is 2.55. The summed E-state index contributed by atoms with van der Waals surface area (Å²) in [7, 11) is 0. The minimum Gasteiger partial charge on any atom is -0.462 e. The summed E-state index contributed by atoms with van der Waals surface area (Å²) in [6.07, 6.45) is 3.97. The Hall–Kier alpha value is -4.04. The van der Waals surface area contributed by atoms with E-state index in [1.165, 1.54) is 0 Å². The van der Waals surface area contributed by atoms with Gasteiger partial charge in [-0.3, -0.25) is 9.59 Å². The van der Waals surface area contributed by atoms with Gasteiger partial charge in [0.1, 0.15) is 11.4 Å². The molecule has 232 valence electrons. The van der Waals surface area contributed by atoms with Crippen molar-refractivity contribution in [2.75, 3.05) is 6.86 Å². The monoisotopic (exact) mass is 670 g/mol. The van der Waals surface area contributed by atoms with Gasteiger partial charge in [0.25, 0.3) is 5.91 Å². The molecule has 3 aromatic carbocycles. The standard InChI is InChI=1S/C37H36BrFN2O4/c1-23-31(27-20-25(38)14-15-29(27)40-32(23)24-10-6-5-7-11-24)33(42)41-37-18-16-36(17-19-37,34(43)45-35(2,3)4)21-28(37)26-12-8-9-13-30(26)44-22-39/h5-15,20-21H,16-19,22H2,1-4H3,(H,41,42). The predicted molar refractivity (Wildman–Crippen MR) is 178 cm³/mol. The van der Waals surface area contributed by atoms with Gasteiger partial charge < -0.3 is 14.8 Å². The van der Waals surface area contributed by atoms with Crippen LogP contribution >= 0.6 is 15.9 Å². The van der Waals surface area contributed by atoms with Gasteiger partial charge in [0.2, 0.25) is 6.86 Å². The number of aromatic nitrogens is 1. The summed E-state index contributed by atoms with van der Waals surface area (Å²) < 4.78 is 25.7. The number of carbonyl (C=O) groups is 2. The smallest absolute Gasteiger partial charge is 0.316 e. The Morgan fingerprint density at radius 3 is 2.36 bits per heavy atom. The molecule has 0 saturated heterocycles. The molecule has 6 nitrogen and oxygen atoms in total. The number of amides is 1. The van der Waals surface area contributed by atoms with Gasteiger partial charge in [0, 0.05) is 21.0 Å². The second-order valence-corrected chi connectivity index (χ2v) is 13.9. The van der Waals surface area contributed by atoms with Crippen molar-refractivity contribution in [2.45, 2.75) is 64.5 Å². The van der Waals surface area contributed by atoms with Crippen LogP contribution in [0, 0.1) is 12.3 Å². The number of hydrogen-bond donors (Lipinski definition) is 1. The predicted octanol–water partition coefficient (Wildman–Crippen LogP) is 8.75. The van der Waals surface area contributed by atoms with Gasteiger partial charge in [-0.2, -0.15) is 0 Å². The molecule has 3 aliphatic rings. The molecule has 4 aromatic rings. The number of carbonyl (C=O) groups excluding carboxylic acids is 2. The highest BCUT2D eigenvalue weighted by molar-refractivity contribution is 9.10. The number of ether oxygens (including phenoxy) is 2. The first-order valence-corrected chi connectivity index (χ1v) is 16.0. The average molecular weight is 672 g/mol. The normalized spacial score (nSPS) is 20.9. The van der Waals surface area contributed by atoms with Crippen molar-refractivity contribution < 1.29 is 23.5 Å². The summed E-state index contributed by atoms with van der Waals surface area (Å²) in [5, 5.41) is 4.17. The van der Waals surface area contributed by atoms with Gasteiger partial charge in [-0.05, 0) is 88.8 Å². The van der Waals surface area contributed by atoms with Gasteiger partial charge in [0.15, 0.2) is 0 Å². The fourth-order valence-electron chi connectivity index (χ4n) is 6.78. The van der Waals surface area contributed by atoms with Crippen LogP contribution in [0.4, 0.5) is 4.39 Å². The maximum atomic E-state index is 14.6. The van der Waals surface area contributed by atoms with E-state index in [1.54, 1.807) is 12.1 Å². The van der Waals surface area contributed by atoms with Crippen molar-refractivity contribution in [1.29, 1.82) is 0 Å². The molecule has 2 bridgehead atoms. The number of alkyl halides is 1. The Labute approximate surface area is 271 Å². The van der Waals surface area contributed by atoms with Gasteiger partial charge in [-0.25, -0.2) is 9.37 Å². The lowest BCUT2D eigenvalue weighted by atomic mass is 9.57. The Kier molecular flexibility index (Phi) is 8.06. The maximum Gasteiger partial charge on any atom is 0.316 e. The molecule has 1 heterocycles. The summed E-state index contributed by atoms with van der Waals surface area (Å²) >= 11 is 3.58. The average Bonchev–Trinajstić information content (AvgIpc) is 3.01. The van der Waals surface area contributed by atoms with E-state index in [9.17, 15) is 14.0 Å². The second kappa shape index (κ2) is 11.7. The van der Waals surface area contributed by atoms with Crippen LogP contribution in [0.5, 0.6) is 5.75 Å². The highest BCUT2D eigenvalue weighted by atomic mass is 79.9. The molecule has 7 rings (SSSR count). The number of nitrogens with zero attached hydrogens (tertiary/aromatic N) is 1. The molecule has 8 heteroatoms. The van der Waals surface area contributed by atoms with Gasteiger partial charge in [-0.15, -0.1) is 0 Å². The van der Waals surface area contributed by atoms with Crippen LogP contribution < -0.4 is 10.1 Å². The van der Waals surface area contributed by atoms with E-state index in [1.807, 2.05) is 94.4 Å². The second-order valence-electron chi connectivity index (χ2n) is 13.0. The molecular formula is C37H36BrFN2O4. The third-order valence-corrected chi connectivity index (χ3v) is 9.44. The zero-order valence-electron chi connectivity index (χ0n) is 25.9. The lowest BCUT2D eigenvalue weighted by Gasteiger charge is -2.52. The number of pyridine rings is 1. The lowest BCUT2D eigenvalue weighted by molar-refractivity contribution is -0.167. The van der Waals surface area contributed by atoms with Crippen molar-refractivity contribution in [3.63, 3.8) is 0 Å². The number of nitrogens with one attached hydrogen (secondary N) is 1. The Morgan fingerprint density at radius 1 is 0.978 bits per heavy atom. The zero-order chi connectivity index (χ0) is 32.0. The van der Waals surface area contributed by atoms with Crippen LogP contribution in [0.1, 0.15) is 67.9 Å². The summed E-state index contributed by atoms with van der Waals surface area (Å²) in [6, 6.07) is 22.8. The summed E-state index contributed by atoms with van der Waals surface area (Å²) in [5.74, 6) is -0.173. The first-order chi connectivity index (χ1) is 21.5. The number of halogens is 2. The lowest BCUT2D eigenvalue weighted by Crippen LogP contribution is -2.58. The minimum absolute atomic E-state index is 0.239.